The average molecular weight is 337 g/mol. The van der Waals surface area contributed by atoms with Crippen LogP contribution in [0.5, 0.6) is 5.75 Å². The van der Waals surface area contributed by atoms with Crippen LogP contribution >= 0.6 is 0 Å². The van der Waals surface area contributed by atoms with Crippen LogP contribution in [0.1, 0.15) is 18.1 Å². The molecule has 0 spiro atoms. The molecule has 0 radical (unpaired) electrons. The minimum atomic E-state index is -0.694. The quantitative estimate of drug-likeness (QED) is 0.767. The summed E-state index contributed by atoms with van der Waals surface area (Å²) >= 11 is 0. The molecule has 0 aliphatic carbocycles. The molecule has 1 atom stereocenters. The van der Waals surface area contributed by atoms with Crippen LogP contribution < -0.4 is 10.1 Å². The maximum Gasteiger partial charge on any atom is 0.266 e. The second-order valence-corrected chi connectivity index (χ2v) is 5.77. The third-order valence-corrected chi connectivity index (χ3v) is 4.01. The summed E-state index contributed by atoms with van der Waals surface area (Å²) in [4.78, 5) is 12.4. The van der Waals surface area contributed by atoms with Crippen LogP contribution in [-0.2, 0) is 4.79 Å². The molecule has 1 N–H and O–H groups in total. The molecule has 1 amide bonds. The number of nitrogens with zero attached hydrogens (tertiary/aromatic N) is 2. The predicted octanol–water partition coefficient (Wildman–Crippen LogP) is 3.76. The van der Waals surface area contributed by atoms with E-state index in [1.54, 1.807) is 6.92 Å². The van der Waals surface area contributed by atoms with Crippen molar-refractivity contribution in [2.75, 3.05) is 5.32 Å². The maximum atomic E-state index is 12.4. The Labute approximate surface area is 145 Å². The van der Waals surface area contributed by atoms with Crippen molar-refractivity contribution in [3.05, 3.63) is 59.7 Å². The molecule has 0 saturated heterocycles. The minimum Gasteiger partial charge on any atom is -0.481 e. The Kier molecular flexibility index (Phi) is 4.79. The van der Waals surface area contributed by atoms with Gasteiger partial charge < -0.3 is 10.1 Å². The van der Waals surface area contributed by atoms with E-state index in [1.807, 2.05) is 62.4 Å². The molecule has 0 saturated carbocycles. The number of carbonyl (C=O) groups is 1. The average Bonchev–Trinajstić information content (AvgIpc) is 3.07. The molecule has 0 aliphatic heterocycles. The highest BCUT2D eigenvalue weighted by molar-refractivity contribution is 5.95. The van der Waals surface area contributed by atoms with Gasteiger partial charge in [0.05, 0.1) is 0 Å². The number of aryl methyl sites for hydroxylation is 1. The molecular formula is C19H19N3O3. The second-order valence-electron chi connectivity index (χ2n) is 5.77. The number of nitrogens with one attached hydrogen (secondary N) is 1. The summed E-state index contributed by atoms with van der Waals surface area (Å²) in [7, 11) is 0. The number of benzene rings is 2. The summed E-state index contributed by atoms with van der Waals surface area (Å²) in [6.45, 7) is 5.65. The molecule has 3 rings (SSSR count). The van der Waals surface area contributed by atoms with E-state index in [0.717, 1.165) is 16.7 Å². The fourth-order valence-electron chi connectivity index (χ4n) is 2.37. The van der Waals surface area contributed by atoms with E-state index >= 15 is 0 Å². The SMILES string of the molecule is Cc1cccc(OC(C)C(=O)Nc2nonc2-c2ccccc2)c1C. The lowest BCUT2D eigenvalue weighted by Gasteiger charge is -2.16. The Hall–Kier alpha value is -3.15. The molecule has 6 heteroatoms. The smallest absolute Gasteiger partial charge is 0.266 e. The van der Waals surface area contributed by atoms with Crippen molar-refractivity contribution in [2.24, 2.45) is 0 Å². The minimum absolute atomic E-state index is 0.271. The largest absolute Gasteiger partial charge is 0.481 e. The standard InChI is InChI=1S/C19H19N3O3/c1-12-8-7-11-16(13(12)2)24-14(3)19(23)20-18-17(21-25-22-18)15-9-5-4-6-10-15/h4-11,14H,1-3H3,(H,20,22,23). The summed E-state index contributed by atoms with van der Waals surface area (Å²) in [6.07, 6.45) is -0.694. The van der Waals surface area contributed by atoms with Crippen LogP contribution in [0, 0.1) is 13.8 Å². The molecule has 2 aromatic carbocycles. The van der Waals surface area contributed by atoms with E-state index in [1.165, 1.54) is 0 Å². The third-order valence-electron chi connectivity index (χ3n) is 4.01. The van der Waals surface area contributed by atoms with Crippen molar-refractivity contribution in [1.82, 2.24) is 10.3 Å². The van der Waals surface area contributed by atoms with Crippen molar-refractivity contribution >= 4 is 11.7 Å². The first kappa shape index (κ1) is 16.7. The number of amides is 1. The molecule has 128 valence electrons. The van der Waals surface area contributed by atoms with Crippen molar-refractivity contribution < 1.29 is 14.2 Å². The van der Waals surface area contributed by atoms with Gasteiger partial charge in [0.25, 0.3) is 5.91 Å². The molecular weight excluding hydrogens is 318 g/mol. The molecule has 1 unspecified atom stereocenters. The Morgan fingerprint density at radius 2 is 1.84 bits per heavy atom. The first-order valence-corrected chi connectivity index (χ1v) is 7.98. The lowest BCUT2D eigenvalue weighted by molar-refractivity contribution is -0.122. The second kappa shape index (κ2) is 7.17. The molecule has 0 bridgehead atoms. The molecule has 0 fully saturated rings. The van der Waals surface area contributed by atoms with Crippen molar-refractivity contribution in [3.63, 3.8) is 0 Å². The van der Waals surface area contributed by atoms with Crippen LogP contribution in [0.4, 0.5) is 5.82 Å². The van der Waals surface area contributed by atoms with Crippen LogP contribution in [0.2, 0.25) is 0 Å². The highest BCUT2D eigenvalue weighted by Crippen LogP contribution is 2.25. The fourth-order valence-corrected chi connectivity index (χ4v) is 2.37. The van der Waals surface area contributed by atoms with Crippen LogP contribution in [0.25, 0.3) is 11.3 Å². The highest BCUT2D eigenvalue weighted by Gasteiger charge is 2.20. The van der Waals surface area contributed by atoms with E-state index in [-0.39, 0.29) is 11.7 Å². The monoisotopic (exact) mass is 337 g/mol. The van der Waals surface area contributed by atoms with Crippen LogP contribution in [0.3, 0.4) is 0 Å². The zero-order valence-corrected chi connectivity index (χ0v) is 14.3. The first-order chi connectivity index (χ1) is 12.1. The van der Waals surface area contributed by atoms with Gasteiger partial charge in [0, 0.05) is 5.56 Å². The van der Waals surface area contributed by atoms with Gasteiger partial charge in [0.15, 0.2) is 11.8 Å². The summed E-state index contributed by atoms with van der Waals surface area (Å²) in [5, 5.41) is 10.4. The van der Waals surface area contributed by atoms with Gasteiger partial charge in [0.1, 0.15) is 5.75 Å². The highest BCUT2D eigenvalue weighted by atomic mass is 16.6. The normalized spacial score (nSPS) is 11.8. The van der Waals surface area contributed by atoms with E-state index in [4.69, 9.17) is 9.37 Å². The van der Waals surface area contributed by atoms with Crippen LogP contribution in [-0.4, -0.2) is 22.3 Å². The Morgan fingerprint density at radius 1 is 1.08 bits per heavy atom. The number of anilines is 1. The first-order valence-electron chi connectivity index (χ1n) is 7.98. The Balaban J connectivity index is 1.73. The van der Waals surface area contributed by atoms with Gasteiger partial charge in [-0.2, -0.15) is 0 Å². The lowest BCUT2D eigenvalue weighted by atomic mass is 10.1. The van der Waals surface area contributed by atoms with Gasteiger partial charge in [-0.1, -0.05) is 42.5 Å². The molecule has 0 aliphatic rings. The Bertz CT molecular complexity index is 875. The fraction of sp³-hybridized carbons (Fsp3) is 0.211. The van der Waals surface area contributed by atoms with Gasteiger partial charge >= 0.3 is 0 Å². The summed E-state index contributed by atoms with van der Waals surface area (Å²) in [6, 6.07) is 15.1. The summed E-state index contributed by atoms with van der Waals surface area (Å²) in [5.74, 6) is 0.630. The van der Waals surface area contributed by atoms with Gasteiger partial charge in [-0.05, 0) is 48.3 Å². The number of carbonyl (C=O) groups excluding carboxylic acids is 1. The molecule has 3 aromatic rings. The van der Waals surface area contributed by atoms with E-state index in [9.17, 15) is 4.79 Å². The lowest BCUT2D eigenvalue weighted by Crippen LogP contribution is -2.30. The molecule has 6 nitrogen and oxygen atoms in total. The summed E-state index contributed by atoms with van der Waals surface area (Å²) < 4.78 is 10.6. The predicted molar refractivity (Wildman–Crippen MR) is 94.4 cm³/mol. The summed E-state index contributed by atoms with van der Waals surface area (Å²) in [5.41, 5.74) is 3.41. The zero-order valence-electron chi connectivity index (χ0n) is 14.3. The van der Waals surface area contributed by atoms with Crippen molar-refractivity contribution in [2.45, 2.75) is 26.9 Å². The van der Waals surface area contributed by atoms with Gasteiger partial charge in [0.2, 0.25) is 5.82 Å². The number of ether oxygens (including phenoxy) is 1. The molecule has 1 aromatic heterocycles. The number of aromatic nitrogens is 2. The number of hydrogen-bond donors (Lipinski definition) is 1. The molecule has 1 heterocycles. The number of rotatable bonds is 5. The van der Waals surface area contributed by atoms with Gasteiger partial charge in [-0.15, -0.1) is 0 Å². The van der Waals surface area contributed by atoms with E-state index in [0.29, 0.717) is 11.4 Å². The van der Waals surface area contributed by atoms with Crippen LogP contribution in [0.15, 0.2) is 53.2 Å². The van der Waals surface area contributed by atoms with Gasteiger partial charge in [-0.3, -0.25) is 4.79 Å². The van der Waals surface area contributed by atoms with E-state index in [2.05, 4.69) is 15.6 Å². The molecule has 25 heavy (non-hydrogen) atoms. The van der Waals surface area contributed by atoms with E-state index < -0.39 is 6.10 Å². The third kappa shape index (κ3) is 3.68. The van der Waals surface area contributed by atoms with Gasteiger partial charge in [-0.25, -0.2) is 4.63 Å². The topological polar surface area (TPSA) is 77.2 Å². The zero-order chi connectivity index (χ0) is 17.8. The van der Waals surface area contributed by atoms with Crippen molar-refractivity contribution in [1.29, 1.82) is 0 Å². The van der Waals surface area contributed by atoms with Crippen molar-refractivity contribution in [3.8, 4) is 17.0 Å². The maximum absolute atomic E-state index is 12.4. The number of hydrogen-bond acceptors (Lipinski definition) is 5. The Morgan fingerprint density at radius 3 is 2.60 bits per heavy atom.